The molecule has 27 heavy (non-hydrogen) atoms. The van der Waals surface area contributed by atoms with Gasteiger partial charge in [-0.25, -0.2) is 17.5 Å². The fraction of sp³-hybridized carbons (Fsp3) is 0.294. The second-order valence-electron chi connectivity index (χ2n) is 6.34. The Morgan fingerprint density at radius 1 is 1.30 bits per heavy atom. The van der Waals surface area contributed by atoms with E-state index in [1.807, 2.05) is 0 Å². The largest absolute Gasteiger partial charge is 0.379 e. The predicted molar refractivity (Wildman–Crippen MR) is 95.8 cm³/mol. The maximum absolute atomic E-state index is 13.2. The van der Waals surface area contributed by atoms with Crippen molar-refractivity contribution in [3.63, 3.8) is 0 Å². The second kappa shape index (κ2) is 6.78. The minimum atomic E-state index is -3.86. The molecule has 0 aliphatic carbocycles. The fourth-order valence-electron chi connectivity index (χ4n) is 2.94. The van der Waals surface area contributed by atoms with Gasteiger partial charge >= 0.3 is 0 Å². The van der Waals surface area contributed by atoms with Gasteiger partial charge in [0.15, 0.2) is 0 Å². The van der Waals surface area contributed by atoms with Crippen molar-refractivity contribution in [2.24, 2.45) is 0 Å². The average Bonchev–Trinajstić information content (AvgIpc) is 3.35. The Balaban J connectivity index is 1.62. The molecule has 2 aromatic heterocycles. The van der Waals surface area contributed by atoms with Crippen molar-refractivity contribution in [1.29, 1.82) is 0 Å². The summed E-state index contributed by atoms with van der Waals surface area (Å²) in [5, 5.41) is 8.44. The second-order valence-corrected chi connectivity index (χ2v) is 8.02. The van der Waals surface area contributed by atoms with Crippen LogP contribution in [0, 0.1) is 12.7 Å². The third-order valence-electron chi connectivity index (χ3n) is 4.31. The van der Waals surface area contributed by atoms with Crippen LogP contribution in [-0.2, 0) is 14.8 Å². The van der Waals surface area contributed by atoms with Crippen LogP contribution in [-0.4, -0.2) is 41.2 Å². The van der Waals surface area contributed by atoms with Crippen LogP contribution < -0.4 is 4.72 Å². The maximum atomic E-state index is 13.2. The minimum Gasteiger partial charge on any atom is -0.379 e. The highest BCUT2D eigenvalue weighted by molar-refractivity contribution is 7.92. The molecular weight excluding hydrogens is 373 g/mol. The van der Waals surface area contributed by atoms with Crippen LogP contribution in [0.1, 0.15) is 18.2 Å². The summed E-state index contributed by atoms with van der Waals surface area (Å²) in [5.74, 6) is -0.121. The van der Waals surface area contributed by atoms with Gasteiger partial charge in [-0.15, -0.1) is 0 Å². The van der Waals surface area contributed by atoms with Gasteiger partial charge in [-0.05, 0) is 37.6 Å². The summed E-state index contributed by atoms with van der Waals surface area (Å²) >= 11 is 0. The Morgan fingerprint density at radius 2 is 2.07 bits per heavy atom. The summed E-state index contributed by atoms with van der Waals surface area (Å²) in [6.07, 6.45) is 3.60. The van der Waals surface area contributed by atoms with Crippen molar-refractivity contribution in [3.8, 4) is 5.69 Å². The number of nitrogens with one attached hydrogen (secondary N) is 1. The number of ether oxygens (including phenoxy) is 1. The smallest absolute Gasteiger partial charge is 0.266 e. The Labute approximate surface area is 155 Å². The van der Waals surface area contributed by atoms with Crippen LogP contribution >= 0.6 is 0 Å². The Hall–Kier alpha value is -2.72. The summed E-state index contributed by atoms with van der Waals surface area (Å²) in [6.45, 7) is 2.90. The number of hydrogen-bond donors (Lipinski definition) is 1. The van der Waals surface area contributed by atoms with Crippen molar-refractivity contribution < 1.29 is 17.5 Å². The van der Waals surface area contributed by atoms with Gasteiger partial charge in [-0.1, -0.05) is 0 Å². The molecule has 1 unspecified atom stereocenters. The molecule has 1 atom stereocenters. The number of aryl methyl sites for hydroxylation is 1. The molecule has 0 spiro atoms. The van der Waals surface area contributed by atoms with Gasteiger partial charge in [0.05, 0.1) is 30.2 Å². The Bertz CT molecular complexity index is 1050. The molecule has 0 radical (unpaired) electrons. The highest BCUT2D eigenvalue weighted by Gasteiger charge is 2.23. The van der Waals surface area contributed by atoms with Crippen molar-refractivity contribution in [2.75, 3.05) is 17.9 Å². The summed E-state index contributed by atoms with van der Waals surface area (Å²) in [7, 11) is -3.86. The van der Waals surface area contributed by atoms with Crippen LogP contribution in [0.25, 0.3) is 5.69 Å². The number of aromatic nitrogens is 4. The first-order valence-electron chi connectivity index (χ1n) is 8.40. The normalized spacial score (nSPS) is 17.3. The molecule has 10 heteroatoms. The lowest BCUT2D eigenvalue weighted by Crippen LogP contribution is -2.16. The molecule has 0 saturated carbocycles. The number of benzene rings is 1. The first-order chi connectivity index (χ1) is 12.9. The van der Waals surface area contributed by atoms with E-state index in [2.05, 4.69) is 14.9 Å². The molecule has 8 nitrogen and oxygen atoms in total. The third kappa shape index (κ3) is 3.58. The summed E-state index contributed by atoms with van der Waals surface area (Å²) in [5.41, 5.74) is 1.16. The van der Waals surface area contributed by atoms with Crippen molar-refractivity contribution in [1.82, 2.24) is 19.6 Å². The van der Waals surface area contributed by atoms with E-state index >= 15 is 0 Å². The minimum absolute atomic E-state index is 0.0425. The van der Waals surface area contributed by atoms with E-state index in [-0.39, 0.29) is 22.6 Å². The summed E-state index contributed by atoms with van der Waals surface area (Å²) < 4.78 is 49.6. The lowest BCUT2D eigenvalue weighted by atomic mass is 10.3. The van der Waals surface area contributed by atoms with Crippen LogP contribution in [0.2, 0.25) is 0 Å². The molecule has 1 N–H and O–H groups in total. The molecular formula is C17H18FN5O3S. The van der Waals surface area contributed by atoms with Crippen LogP contribution in [0.4, 0.5) is 10.2 Å². The highest BCUT2D eigenvalue weighted by atomic mass is 32.2. The monoisotopic (exact) mass is 391 g/mol. The summed E-state index contributed by atoms with van der Waals surface area (Å²) in [6, 6.07) is 7.28. The zero-order chi connectivity index (χ0) is 19.0. The van der Waals surface area contributed by atoms with Gasteiger partial charge in [0.1, 0.15) is 16.5 Å². The van der Waals surface area contributed by atoms with Gasteiger partial charge < -0.3 is 4.74 Å². The van der Waals surface area contributed by atoms with Gasteiger partial charge in [0.2, 0.25) is 0 Å². The quantitative estimate of drug-likeness (QED) is 0.721. The SMILES string of the molecule is Cc1cc(NS(=O)(=O)c2cnn(C3CCOC3)c2)n(-c2ccc(F)cc2)n1. The zero-order valence-electron chi connectivity index (χ0n) is 14.5. The van der Waals surface area contributed by atoms with E-state index in [0.29, 0.717) is 24.6 Å². The molecule has 3 aromatic rings. The molecule has 1 aromatic carbocycles. The van der Waals surface area contributed by atoms with E-state index in [9.17, 15) is 12.8 Å². The maximum Gasteiger partial charge on any atom is 0.266 e. The standard InChI is InChI=1S/C17H18FN5O3S/c1-12-8-17(23(20-12)14-4-2-13(18)3-5-14)21-27(24,25)16-9-19-22(10-16)15-6-7-26-11-15/h2-5,8-10,15,21H,6-7,11H2,1H3. The molecule has 1 fully saturated rings. The lowest BCUT2D eigenvalue weighted by molar-refractivity contribution is 0.184. The topological polar surface area (TPSA) is 91.0 Å². The number of anilines is 1. The lowest BCUT2D eigenvalue weighted by Gasteiger charge is -2.10. The molecule has 1 saturated heterocycles. The van der Waals surface area contributed by atoms with Crippen LogP contribution in [0.5, 0.6) is 0 Å². The number of halogens is 1. The molecule has 0 bridgehead atoms. The zero-order valence-corrected chi connectivity index (χ0v) is 15.4. The van der Waals surface area contributed by atoms with Gasteiger partial charge in [-0.3, -0.25) is 9.40 Å². The number of rotatable bonds is 5. The molecule has 3 heterocycles. The first kappa shape index (κ1) is 17.7. The van der Waals surface area contributed by atoms with E-state index in [0.717, 1.165) is 6.42 Å². The Kier molecular flexibility index (Phi) is 4.44. The van der Waals surface area contributed by atoms with Crippen molar-refractivity contribution >= 4 is 15.8 Å². The van der Waals surface area contributed by atoms with E-state index in [4.69, 9.17) is 4.74 Å². The number of sulfonamides is 1. The first-order valence-corrected chi connectivity index (χ1v) is 9.88. The molecule has 4 rings (SSSR count). The van der Waals surface area contributed by atoms with E-state index in [1.165, 1.54) is 41.3 Å². The highest BCUT2D eigenvalue weighted by Crippen LogP contribution is 2.23. The van der Waals surface area contributed by atoms with E-state index in [1.54, 1.807) is 17.7 Å². The van der Waals surface area contributed by atoms with Crippen molar-refractivity contribution in [2.45, 2.75) is 24.3 Å². The molecule has 1 aliphatic rings. The van der Waals surface area contributed by atoms with Gasteiger partial charge in [-0.2, -0.15) is 10.2 Å². The molecule has 0 amide bonds. The van der Waals surface area contributed by atoms with Gasteiger partial charge in [0, 0.05) is 18.9 Å². The molecule has 142 valence electrons. The van der Waals surface area contributed by atoms with Gasteiger partial charge in [0.25, 0.3) is 10.0 Å². The number of hydrogen-bond acceptors (Lipinski definition) is 5. The van der Waals surface area contributed by atoms with Crippen LogP contribution in [0.15, 0.2) is 47.6 Å². The van der Waals surface area contributed by atoms with Crippen molar-refractivity contribution in [3.05, 3.63) is 54.2 Å². The third-order valence-corrected chi connectivity index (χ3v) is 5.62. The van der Waals surface area contributed by atoms with Crippen LogP contribution in [0.3, 0.4) is 0 Å². The molecule has 1 aliphatic heterocycles. The van der Waals surface area contributed by atoms with E-state index < -0.39 is 10.0 Å². The summed E-state index contributed by atoms with van der Waals surface area (Å²) in [4.78, 5) is 0.0545. The fourth-order valence-corrected chi connectivity index (χ4v) is 3.91. The average molecular weight is 391 g/mol. The number of nitrogens with zero attached hydrogens (tertiary/aromatic N) is 4. The Morgan fingerprint density at radius 3 is 2.78 bits per heavy atom. The predicted octanol–water partition coefficient (Wildman–Crippen LogP) is 2.28.